The van der Waals surface area contributed by atoms with Gasteiger partial charge in [-0.3, -0.25) is 14.4 Å². The van der Waals surface area contributed by atoms with E-state index in [1.807, 2.05) is 12.2 Å². The highest BCUT2D eigenvalue weighted by molar-refractivity contribution is 5.74. The molecule has 3 N–H and O–H groups in total. The van der Waals surface area contributed by atoms with Gasteiger partial charge < -0.3 is 39.0 Å². The zero-order valence-electron chi connectivity index (χ0n) is 47.0. The Bertz CT molecular complexity index is 1630. The van der Waals surface area contributed by atoms with Crippen LogP contribution in [0.2, 0.25) is 0 Å². The van der Waals surface area contributed by atoms with E-state index >= 15 is 0 Å². The van der Waals surface area contributed by atoms with Gasteiger partial charge in [-0.2, -0.15) is 0 Å². The van der Waals surface area contributed by atoms with Crippen LogP contribution in [-0.2, 0) is 42.9 Å². The van der Waals surface area contributed by atoms with E-state index in [0.29, 0.717) is 19.3 Å². The number of hydrogen-bond acceptors (Lipinski definition) is 11. The topological polar surface area (TPSA) is 175 Å². The van der Waals surface area contributed by atoms with E-state index in [1.54, 1.807) is 0 Å². The van der Waals surface area contributed by atoms with Crippen molar-refractivity contribution in [3.8, 4) is 0 Å². The Morgan fingerprint density at radius 3 is 1.33 bits per heavy atom. The first-order valence-corrected chi connectivity index (χ1v) is 29.6. The zero-order chi connectivity index (χ0) is 54.7. The molecule has 0 amide bonds. The highest BCUT2D eigenvalue weighted by Crippen LogP contribution is 2.26. The lowest BCUT2D eigenvalue weighted by Crippen LogP contribution is -2.61. The van der Waals surface area contributed by atoms with Crippen molar-refractivity contribution in [2.75, 3.05) is 13.2 Å². The molecule has 0 aromatic carbocycles. The van der Waals surface area contributed by atoms with Crippen LogP contribution in [0.4, 0.5) is 0 Å². The predicted octanol–water partition coefficient (Wildman–Crippen LogP) is 15.1. The Morgan fingerprint density at radius 1 is 0.453 bits per heavy atom. The summed E-state index contributed by atoms with van der Waals surface area (Å²) in [5.74, 6) is -3.24. The number of carbonyl (C=O) groups excluding carboxylic acids is 3. The van der Waals surface area contributed by atoms with Crippen LogP contribution in [0.25, 0.3) is 0 Å². The van der Waals surface area contributed by atoms with Gasteiger partial charge in [0.15, 0.2) is 24.6 Å². The van der Waals surface area contributed by atoms with Crippen molar-refractivity contribution < 1.29 is 58.2 Å². The third-order valence-electron chi connectivity index (χ3n) is 13.0. The van der Waals surface area contributed by atoms with Crippen molar-refractivity contribution in [2.45, 2.75) is 276 Å². The zero-order valence-corrected chi connectivity index (χ0v) is 47.0. The average molecular weight is 1050 g/mol. The number of carboxylic acid groups (broad SMARTS) is 1. The lowest BCUT2D eigenvalue weighted by Gasteiger charge is -2.40. The minimum atomic E-state index is -1.91. The van der Waals surface area contributed by atoms with E-state index in [4.69, 9.17) is 23.7 Å². The Labute approximate surface area is 454 Å². The van der Waals surface area contributed by atoms with Crippen LogP contribution in [0, 0.1) is 0 Å². The molecule has 12 heteroatoms. The van der Waals surface area contributed by atoms with E-state index in [9.17, 15) is 34.5 Å². The molecule has 0 bridgehead atoms. The van der Waals surface area contributed by atoms with Crippen LogP contribution < -0.4 is 0 Å². The number of rotatable bonds is 49. The third-order valence-corrected chi connectivity index (χ3v) is 13.0. The lowest BCUT2D eigenvalue weighted by molar-refractivity contribution is -0.301. The second kappa shape index (κ2) is 50.7. The van der Waals surface area contributed by atoms with E-state index in [2.05, 4.69) is 93.7 Å². The Morgan fingerprint density at radius 2 is 0.867 bits per heavy atom. The van der Waals surface area contributed by atoms with Gasteiger partial charge in [0.2, 0.25) is 0 Å². The second-order valence-corrected chi connectivity index (χ2v) is 19.9. The fourth-order valence-corrected chi connectivity index (χ4v) is 8.45. The monoisotopic (exact) mass is 1050 g/mol. The van der Waals surface area contributed by atoms with Crippen LogP contribution >= 0.6 is 0 Å². The number of carbonyl (C=O) groups is 4. The van der Waals surface area contributed by atoms with Crippen LogP contribution in [0.3, 0.4) is 0 Å². The number of aliphatic hydroxyl groups excluding tert-OH is 2. The summed E-state index contributed by atoms with van der Waals surface area (Å²) < 4.78 is 28.3. The molecule has 428 valence electrons. The molecule has 0 aromatic heterocycles. The van der Waals surface area contributed by atoms with Crippen LogP contribution in [0.15, 0.2) is 85.1 Å². The van der Waals surface area contributed by atoms with Crippen molar-refractivity contribution >= 4 is 23.9 Å². The molecule has 1 heterocycles. The first-order valence-electron chi connectivity index (χ1n) is 29.6. The van der Waals surface area contributed by atoms with E-state index in [1.165, 1.54) is 83.5 Å². The van der Waals surface area contributed by atoms with Crippen molar-refractivity contribution in [2.24, 2.45) is 0 Å². The Balaban J connectivity index is 2.69. The minimum Gasteiger partial charge on any atom is -0.479 e. The van der Waals surface area contributed by atoms with E-state index in [-0.39, 0.29) is 25.9 Å². The summed E-state index contributed by atoms with van der Waals surface area (Å²) in [5.41, 5.74) is 0. The predicted molar refractivity (Wildman–Crippen MR) is 303 cm³/mol. The number of aliphatic hydroxyl groups is 2. The quantitative estimate of drug-likeness (QED) is 0.0228. The molecule has 0 aromatic rings. The molecule has 0 aliphatic carbocycles. The molecule has 75 heavy (non-hydrogen) atoms. The minimum absolute atomic E-state index is 0.0470. The average Bonchev–Trinajstić information content (AvgIpc) is 3.39. The highest BCUT2D eigenvalue weighted by Gasteiger charge is 2.50. The first-order chi connectivity index (χ1) is 36.6. The van der Waals surface area contributed by atoms with Gasteiger partial charge in [-0.05, 0) is 83.5 Å². The number of esters is 3. The number of hydrogen-bond donors (Lipinski definition) is 3. The molecule has 1 aliphatic heterocycles. The van der Waals surface area contributed by atoms with E-state index in [0.717, 1.165) is 96.3 Å². The maximum Gasteiger partial charge on any atom is 0.335 e. The van der Waals surface area contributed by atoms with Crippen molar-refractivity contribution in [3.05, 3.63) is 85.1 Å². The molecule has 12 nitrogen and oxygen atoms in total. The molecular weight excluding hydrogens is 949 g/mol. The molecule has 1 rings (SSSR count). The van der Waals surface area contributed by atoms with Crippen molar-refractivity contribution in [1.29, 1.82) is 0 Å². The summed E-state index contributed by atoms with van der Waals surface area (Å²) in [5, 5.41) is 31.4. The molecule has 6 atom stereocenters. The molecule has 1 aliphatic rings. The van der Waals surface area contributed by atoms with Gasteiger partial charge in [0.1, 0.15) is 18.8 Å². The lowest BCUT2D eigenvalue weighted by atomic mass is 9.98. The third kappa shape index (κ3) is 40.8. The van der Waals surface area contributed by atoms with Crippen molar-refractivity contribution in [3.63, 3.8) is 0 Å². The normalized spacial score (nSPS) is 18.8. The molecule has 0 spiro atoms. The summed E-state index contributed by atoms with van der Waals surface area (Å²) in [4.78, 5) is 51.0. The van der Waals surface area contributed by atoms with Gasteiger partial charge >= 0.3 is 23.9 Å². The first kappa shape index (κ1) is 68.9. The van der Waals surface area contributed by atoms with Gasteiger partial charge in [0.25, 0.3) is 0 Å². The number of allylic oxidation sites excluding steroid dienone is 14. The SMILES string of the molecule is CC/C=C\C/C=C\C/C=C\C/C=C\C/C=C\C/C=C\CCC(=O)OCC(COC1OC(C(=O)O)C(O)C(O)C1OC(=O)CCCCCCCCC/C=C\CCCCCCCC)OC(=O)CCCCCCCCCCC. The number of ether oxygens (including phenoxy) is 5. The molecular formula is C63H104O12. The van der Waals surface area contributed by atoms with Gasteiger partial charge in [0.05, 0.1) is 6.61 Å². The molecule has 6 unspecified atom stereocenters. The second-order valence-electron chi connectivity index (χ2n) is 19.9. The van der Waals surface area contributed by atoms with Crippen molar-refractivity contribution in [1.82, 2.24) is 0 Å². The molecule has 1 saturated heterocycles. The standard InChI is InChI=1S/C63H104O12/c1-4-7-10-13-16-19-21-23-25-27-28-30-31-33-35-38-40-43-46-49-55(64)71-52-54(73-56(65)50-47-44-41-37-18-15-12-9-6-3)53-72-63-61(59(68)58(67)60(75-63)62(69)70)74-57(66)51-48-45-42-39-36-34-32-29-26-24-22-20-17-14-11-8-5-2/h7,10,16,19,23-26,28,30,33,35,40,43,54,58-61,63,67-68H,4-6,8-9,11-15,17-18,20-22,27,29,31-32,34,36-39,41-42,44-53H2,1-3H3,(H,69,70)/b10-7-,19-16-,25-23-,26-24-,30-28-,35-33-,43-40-. The summed E-state index contributed by atoms with van der Waals surface area (Å²) in [6.45, 7) is 5.78. The summed E-state index contributed by atoms with van der Waals surface area (Å²) in [7, 11) is 0. The summed E-state index contributed by atoms with van der Waals surface area (Å²) >= 11 is 0. The van der Waals surface area contributed by atoms with Gasteiger partial charge in [0, 0.05) is 19.3 Å². The summed E-state index contributed by atoms with van der Waals surface area (Å²) in [6, 6.07) is 0. The smallest absolute Gasteiger partial charge is 0.335 e. The highest BCUT2D eigenvalue weighted by atomic mass is 16.7. The largest absolute Gasteiger partial charge is 0.479 e. The molecule has 0 saturated carbocycles. The Kier molecular flexibility index (Phi) is 46.6. The summed E-state index contributed by atoms with van der Waals surface area (Å²) in [6.07, 6.45) is 52.9. The number of unbranched alkanes of at least 4 members (excludes halogenated alkanes) is 21. The molecule has 0 radical (unpaired) electrons. The van der Waals surface area contributed by atoms with E-state index < -0.39 is 67.3 Å². The fraction of sp³-hybridized carbons (Fsp3) is 0.714. The van der Waals surface area contributed by atoms with Crippen LogP contribution in [0.5, 0.6) is 0 Å². The maximum absolute atomic E-state index is 13.1. The molecule has 1 fully saturated rings. The van der Waals surface area contributed by atoms with Gasteiger partial charge in [-0.1, -0.05) is 221 Å². The fourth-order valence-electron chi connectivity index (χ4n) is 8.45. The number of aliphatic carboxylic acids is 1. The van der Waals surface area contributed by atoms with Crippen LogP contribution in [-0.4, -0.2) is 89.2 Å². The maximum atomic E-state index is 13.1. The number of carboxylic acids is 1. The van der Waals surface area contributed by atoms with Gasteiger partial charge in [-0.25, -0.2) is 4.79 Å². The Hall–Kier alpha value is -4.10. The van der Waals surface area contributed by atoms with Crippen LogP contribution in [0.1, 0.15) is 239 Å². The van der Waals surface area contributed by atoms with Gasteiger partial charge in [-0.15, -0.1) is 0 Å².